The molecule has 3 N–H and O–H groups in total. The fourth-order valence-electron chi connectivity index (χ4n) is 0.789. The molecule has 0 spiro atoms. The second-order valence-corrected chi connectivity index (χ2v) is 4.82. The molecule has 13 heavy (non-hydrogen) atoms. The highest BCUT2D eigenvalue weighted by Gasteiger charge is 2.10. The van der Waals surface area contributed by atoms with Gasteiger partial charge >= 0.3 is 0 Å². The van der Waals surface area contributed by atoms with Crippen LogP contribution in [-0.2, 0) is 15.6 Å². The summed E-state index contributed by atoms with van der Waals surface area (Å²) in [6.07, 6.45) is 2.38. The Morgan fingerprint density at radius 3 is 2.46 bits per heavy atom. The van der Waals surface area contributed by atoms with Crippen molar-refractivity contribution in [2.24, 2.45) is 5.73 Å². The highest BCUT2D eigenvalue weighted by atomic mass is 32.2. The van der Waals surface area contributed by atoms with E-state index in [-0.39, 0.29) is 11.9 Å². The lowest BCUT2D eigenvalue weighted by Gasteiger charge is -2.14. The summed E-state index contributed by atoms with van der Waals surface area (Å²) in [5, 5.41) is 2.74. The molecule has 0 radical (unpaired) electrons. The molecule has 0 heterocycles. The largest absolute Gasteiger partial charge is 0.352 e. The molecule has 0 aliphatic rings. The molecule has 78 valence electrons. The predicted molar refractivity (Wildman–Crippen MR) is 54.8 cm³/mol. The number of carbonyl (C=O) groups is 1. The van der Waals surface area contributed by atoms with Crippen LogP contribution >= 0.6 is 0 Å². The Labute approximate surface area is 81.7 Å². The first kappa shape index (κ1) is 12.6. The van der Waals surface area contributed by atoms with E-state index in [1.165, 1.54) is 0 Å². The van der Waals surface area contributed by atoms with Crippen molar-refractivity contribution in [1.29, 1.82) is 0 Å². The molecule has 3 atom stereocenters. The van der Waals surface area contributed by atoms with E-state index in [2.05, 4.69) is 5.32 Å². The lowest BCUT2D eigenvalue weighted by atomic mass is 10.2. The van der Waals surface area contributed by atoms with Crippen molar-refractivity contribution in [1.82, 2.24) is 5.32 Å². The van der Waals surface area contributed by atoms with E-state index in [0.717, 1.165) is 6.42 Å². The molecule has 0 saturated carbocycles. The van der Waals surface area contributed by atoms with E-state index in [9.17, 15) is 9.00 Å². The fourth-order valence-corrected chi connectivity index (χ4v) is 1.47. The van der Waals surface area contributed by atoms with Gasteiger partial charge < -0.3 is 11.1 Å². The van der Waals surface area contributed by atoms with E-state index < -0.39 is 16.8 Å². The molecule has 0 rings (SSSR count). The number of carbonyl (C=O) groups excluding carboxylic acids is 1. The Balaban J connectivity index is 3.68. The van der Waals surface area contributed by atoms with Crippen LogP contribution in [0.25, 0.3) is 0 Å². The average Bonchev–Trinajstić information content (AvgIpc) is 2.00. The number of hydrogen-bond donors (Lipinski definition) is 2. The van der Waals surface area contributed by atoms with Gasteiger partial charge in [0, 0.05) is 28.9 Å². The summed E-state index contributed by atoms with van der Waals surface area (Å²) in [5.41, 5.74) is 5.37. The summed E-state index contributed by atoms with van der Waals surface area (Å²) >= 11 is 0. The lowest BCUT2D eigenvalue weighted by Crippen LogP contribution is -2.43. The maximum Gasteiger partial charge on any atom is 0.236 e. The van der Waals surface area contributed by atoms with Gasteiger partial charge in [-0.25, -0.2) is 0 Å². The fraction of sp³-hybridized carbons (Fsp3) is 0.875. The van der Waals surface area contributed by atoms with Crippen molar-refractivity contribution in [3.8, 4) is 0 Å². The first-order valence-corrected chi connectivity index (χ1v) is 6.02. The second-order valence-electron chi connectivity index (χ2n) is 3.26. The number of hydrogen-bond acceptors (Lipinski definition) is 3. The molecule has 0 aromatic heterocycles. The zero-order valence-electron chi connectivity index (χ0n) is 8.37. The smallest absolute Gasteiger partial charge is 0.236 e. The first-order valence-electron chi connectivity index (χ1n) is 4.29. The minimum atomic E-state index is -0.794. The molecule has 0 aliphatic carbocycles. The molecule has 3 unspecified atom stereocenters. The second kappa shape index (κ2) is 6.10. The minimum Gasteiger partial charge on any atom is -0.352 e. The van der Waals surface area contributed by atoms with Crippen LogP contribution < -0.4 is 11.1 Å². The number of amides is 1. The van der Waals surface area contributed by atoms with Crippen molar-refractivity contribution >= 4 is 16.7 Å². The SMILES string of the molecule is CC(CCS(C)=O)NC(=O)C(C)N. The third-order valence-electron chi connectivity index (χ3n) is 1.64. The van der Waals surface area contributed by atoms with Gasteiger partial charge in [0.05, 0.1) is 6.04 Å². The van der Waals surface area contributed by atoms with Gasteiger partial charge in [0.25, 0.3) is 0 Å². The Morgan fingerprint density at radius 2 is 2.08 bits per heavy atom. The summed E-state index contributed by atoms with van der Waals surface area (Å²) < 4.78 is 10.7. The van der Waals surface area contributed by atoms with Gasteiger partial charge in [0.15, 0.2) is 0 Å². The third kappa shape index (κ3) is 6.72. The topological polar surface area (TPSA) is 72.2 Å². The van der Waals surface area contributed by atoms with Gasteiger partial charge in [-0.05, 0) is 20.3 Å². The zero-order chi connectivity index (χ0) is 10.4. The van der Waals surface area contributed by atoms with E-state index in [1.807, 2.05) is 6.92 Å². The normalized spacial score (nSPS) is 17.5. The van der Waals surface area contributed by atoms with Gasteiger partial charge in [-0.1, -0.05) is 0 Å². The molecule has 5 heteroatoms. The number of nitrogens with two attached hydrogens (primary N) is 1. The average molecular weight is 206 g/mol. The molecule has 1 amide bonds. The summed E-state index contributed by atoms with van der Waals surface area (Å²) in [5.74, 6) is 0.454. The van der Waals surface area contributed by atoms with Crippen molar-refractivity contribution in [2.45, 2.75) is 32.4 Å². The van der Waals surface area contributed by atoms with Crippen molar-refractivity contribution in [3.63, 3.8) is 0 Å². The van der Waals surface area contributed by atoms with Crippen LogP contribution in [0, 0.1) is 0 Å². The van der Waals surface area contributed by atoms with Gasteiger partial charge in [0.2, 0.25) is 5.91 Å². The van der Waals surface area contributed by atoms with Crippen LogP contribution in [0.4, 0.5) is 0 Å². The monoisotopic (exact) mass is 206 g/mol. The Hall–Kier alpha value is -0.420. The van der Waals surface area contributed by atoms with Crippen LogP contribution in [0.3, 0.4) is 0 Å². The van der Waals surface area contributed by atoms with E-state index in [4.69, 9.17) is 5.73 Å². The van der Waals surface area contributed by atoms with Crippen LogP contribution in [0.1, 0.15) is 20.3 Å². The first-order chi connectivity index (χ1) is 5.93. The van der Waals surface area contributed by atoms with Crippen molar-refractivity contribution < 1.29 is 9.00 Å². The molecule has 4 nitrogen and oxygen atoms in total. The molecular weight excluding hydrogens is 188 g/mol. The standard InChI is InChI=1S/C8H18N2O2S/c1-6(4-5-13(3)12)10-8(11)7(2)9/h6-7H,4-5,9H2,1-3H3,(H,10,11). The molecule has 0 aromatic rings. The highest BCUT2D eigenvalue weighted by molar-refractivity contribution is 7.84. The van der Waals surface area contributed by atoms with Crippen LogP contribution in [0.15, 0.2) is 0 Å². The van der Waals surface area contributed by atoms with E-state index in [0.29, 0.717) is 5.75 Å². The van der Waals surface area contributed by atoms with Crippen molar-refractivity contribution in [2.75, 3.05) is 12.0 Å². The van der Waals surface area contributed by atoms with Gasteiger partial charge in [-0.15, -0.1) is 0 Å². The molecule has 0 aliphatic heterocycles. The van der Waals surface area contributed by atoms with Crippen molar-refractivity contribution in [3.05, 3.63) is 0 Å². The maximum atomic E-state index is 11.1. The molecular formula is C8H18N2O2S. The zero-order valence-corrected chi connectivity index (χ0v) is 9.19. The molecule has 0 bridgehead atoms. The van der Waals surface area contributed by atoms with Gasteiger partial charge in [0.1, 0.15) is 0 Å². The number of nitrogens with one attached hydrogen (secondary N) is 1. The summed E-state index contributed by atoms with van der Waals surface area (Å²) in [6.45, 7) is 3.52. The third-order valence-corrected chi connectivity index (χ3v) is 2.45. The quantitative estimate of drug-likeness (QED) is 0.643. The van der Waals surface area contributed by atoms with E-state index in [1.54, 1.807) is 13.2 Å². The van der Waals surface area contributed by atoms with Crippen LogP contribution in [0.5, 0.6) is 0 Å². The summed E-state index contributed by atoms with van der Waals surface area (Å²) in [4.78, 5) is 11.1. The predicted octanol–water partition coefficient (Wildman–Crippen LogP) is -0.393. The molecule has 0 saturated heterocycles. The minimum absolute atomic E-state index is 0.0439. The Kier molecular flexibility index (Phi) is 5.90. The van der Waals surface area contributed by atoms with E-state index >= 15 is 0 Å². The number of rotatable bonds is 5. The Bertz CT molecular complexity index is 195. The van der Waals surface area contributed by atoms with Crippen LogP contribution in [-0.4, -0.2) is 34.2 Å². The Morgan fingerprint density at radius 1 is 1.54 bits per heavy atom. The van der Waals surface area contributed by atoms with Gasteiger partial charge in [-0.2, -0.15) is 0 Å². The highest BCUT2D eigenvalue weighted by Crippen LogP contribution is 1.93. The van der Waals surface area contributed by atoms with Gasteiger partial charge in [-0.3, -0.25) is 9.00 Å². The molecule has 0 fully saturated rings. The van der Waals surface area contributed by atoms with Crippen LogP contribution in [0.2, 0.25) is 0 Å². The summed E-state index contributed by atoms with van der Waals surface area (Å²) in [6, 6.07) is -0.433. The molecule has 0 aromatic carbocycles. The lowest BCUT2D eigenvalue weighted by molar-refractivity contribution is -0.122. The summed E-state index contributed by atoms with van der Waals surface area (Å²) in [7, 11) is -0.794. The maximum absolute atomic E-state index is 11.1.